The molecule has 1 aliphatic heterocycles. The Morgan fingerprint density at radius 3 is 2.76 bits per heavy atom. The van der Waals surface area contributed by atoms with Crippen molar-refractivity contribution in [3.8, 4) is 5.75 Å². The van der Waals surface area contributed by atoms with Crippen molar-refractivity contribution in [3.05, 3.63) is 27.7 Å². The van der Waals surface area contributed by atoms with Crippen LogP contribution < -0.4 is 4.74 Å². The molecule has 0 unspecified atom stereocenters. The minimum atomic E-state index is -0.0465. The first-order valence-corrected chi connectivity index (χ1v) is 7.17. The molecule has 0 spiro atoms. The summed E-state index contributed by atoms with van der Waals surface area (Å²) in [6, 6.07) is 4.40. The summed E-state index contributed by atoms with van der Waals surface area (Å²) >= 11 is 3.62. The van der Waals surface area contributed by atoms with E-state index in [0.29, 0.717) is 5.92 Å². The Morgan fingerprint density at radius 2 is 2.06 bits per heavy atom. The van der Waals surface area contributed by atoms with Crippen molar-refractivity contribution in [1.29, 1.82) is 0 Å². The second-order valence-electron chi connectivity index (χ2n) is 5.79. The molecule has 0 N–H and O–H groups in total. The van der Waals surface area contributed by atoms with Gasteiger partial charge < -0.3 is 4.74 Å². The quantitative estimate of drug-likeness (QED) is 0.639. The Labute approximate surface area is 113 Å². The van der Waals surface area contributed by atoms with Crippen LogP contribution in [0.2, 0.25) is 0 Å². The Morgan fingerprint density at radius 1 is 1.35 bits per heavy atom. The fourth-order valence-electron chi connectivity index (χ4n) is 2.48. The monoisotopic (exact) mass is 296 g/mol. The second-order valence-corrected chi connectivity index (χ2v) is 6.65. The van der Waals surface area contributed by atoms with Crippen molar-refractivity contribution in [2.45, 2.75) is 58.5 Å². The van der Waals surface area contributed by atoms with Crippen LogP contribution >= 0.6 is 15.9 Å². The summed E-state index contributed by atoms with van der Waals surface area (Å²) in [5.74, 6) is 1.65. The molecule has 1 atom stereocenters. The van der Waals surface area contributed by atoms with Gasteiger partial charge >= 0.3 is 0 Å². The first kappa shape index (κ1) is 12.9. The van der Waals surface area contributed by atoms with E-state index in [-0.39, 0.29) is 5.60 Å². The Hall–Kier alpha value is -0.500. The molecule has 1 aliphatic rings. The summed E-state index contributed by atoms with van der Waals surface area (Å²) < 4.78 is 7.39. The molecular weight excluding hydrogens is 276 g/mol. The summed E-state index contributed by atoms with van der Waals surface area (Å²) in [5.41, 5.74) is 2.54. The van der Waals surface area contributed by atoms with Crippen LogP contribution in [0.1, 0.15) is 57.1 Å². The topological polar surface area (TPSA) is 9.23 Å². The normalized spacial score (nSPS) is 23.2. The number of halogens is 1. The van der Waals surface area contributed by atoms with Crippen molar-refractivity contribution < 1.29 is 4.74 Å². The number of hydrogen-bond acceptors (Lipinski definition) is 1. The Balaban J connectivity index is 2.48. The van der Waals surface area contributed by atoms with Gasteiger partial charge in [-0.25, -0.2) is 0 Å². The third-order valence-corrected chi connectivity index (χ3v) is 4.48. The Bertz CT molecular complexity index is 423. The zero-order valence-corrected chi connectivity index (χ0v) is 12.7. The molecule has 2 heteroatoms. The van der Waals surface area contributed by atoms with Crippen molar-refractivity contribution in [2.24, 2.45) is 0 Å². The number of hydrogen-bond donors (Lipinski definition) is 0. The summed E-state index contributed by atoms with van der Waals surface area (Å²) in [7, 11) is 0. The highest BCUT2D eigenvalue weighted by Gasteiger charge is 2.26. The van der Waals surface area contributed by atoms with Crippen LogP contribution in [0.5, 0.6) is 5.75 Å². The van der Waals surface area contributed by atoms with Crippen LogP contribution in [0.25, 0.3) is 0 Å². The van der Waals surface area contributed by atoms with Crippen LogP contribution in [0.4, 0.5) is 0 Å². The summed E-state index contributed by atoms with van der Waals surface area (Å²) in [5, 5.41) is 0. The number of ether oxygens (including phenoxy) is 1. The van der Waals surface area contributed by atoms with Gasteiger partial charge in [0.15, 0.2) is 0 Å². The van der Waals surface area contributed by atoms with E-state index in [2.05, 4.69) is 55.8 Å². The van der Waals surface area contributed by atoms with Gasteiger partial charge in [-0.05, 0) is 69.2 Å². The molecule has 0 radical (unpaired) electrons. The number of aryl methyl sites for hydroxylation is 1. The summed E-state index contributed by atoms with van der Waals surface area (Å²) in [6.45, 7) is 8.78. The molecule has 17 heavy (non-hydrogen) atoms. The van der Waals surface area contributed by atoms with Gasteiger partial charge in [-0.2, -0.15) is 0 Å². The molecule has 0 saturated heterocycles. The molecule has 0 bridgehead atoms. The molecule has 0 amide bonds. The summed E-state index contributed by atoms with van der Waals surface area (Å²) in [4.78, 5) is 0. The minimum absolute atomic E-state index is 0.0465. The lowest BCUT2D eigenvalue weighted by Gasteiger charge is -2.32. The molecule has 0 fully saturated rings. The number of rotatable bonds is 0. The van der Waals surface area contributed by atoms with E-state index < -0.39 is 0 Å². The average molecular weight is 297 g/mol. The van der Waals surface area contributed by atoms with E-state index in [1.54, 1.807) is 0 Å². The molecule has 94 valence electrons. The molecule has 1 aromatic rings. The lowest BCUT2D eigenvalue weighted by molar-refractivity contribution is 0.0891. The predicted molar refractivity (Wildman–Crippen MR) is 75.9 cm³/mol. The van der Waals surface area contributed by atoms with Gasteiger partial charge in [0, 0.05) is 4.47 Å². The molecule has 1 heterocycles. The first-order valence-electron chi connectivity index (χ1n) is 6.38. The zero-order valence-electron chi connectivity index (χ0n) is 11.1. The van der Waals surface area contributed by atoms with Crippen LogP contribution in [-0.2, 0) is 0 Å². The highest BCUT2D eigenvalue weighted by atomic mass is 79.9. The predicted octanol–water partition coefficient (Wildman–Crippen LogP) is 5.20. The highest BCUT2D eigenvalue weighted by Crippen LogP contribution is 2.39. The highest BCUT2D eigenvalue weighted by molar-refractivity contribution is 9.10. The van der Waals surface area contributed by atoms with Crippen molar-refractivity contribution >= 4 is 15.9 Å². The molecule has 0 aliphatic carbocycles. The van der Waals surface area contributed by atoms with Gasteiger partial charge in [0.2, 0.25) is 0 Å². The standard InChI is InChI=1S/C15H21BrO/c1-10-6-5-7-15(3,4)17-14-8-11(2)13(16)9-12(10)14/h8-10H,5-7H2,1-4H3/t10-/m0/s1. The number of benzene rings is 1. The fraction of sp³-hybridized carbons (Fsp3) is 0.600. The van der Waals surface area contributed by atoms with Crippen LogP contribution in [-0.4, -0.2) is 5.60 Å². The zero-order chi connectivity index (χ0) is 12.6. The van der Waals surface area contributed by atoms with Gasteiger partial charge in [-0.15, -0.1) is 0 Å². The maximum Gasteiger partial charge on any atom is 0.123 e. The van der Waals surface area contributed by atoms with E-state index in [9.17, 15) is 0 Å². The van der Waals surface area contributed by atoms with Gasteiger partial charge in [-0.3, -0.25) is 0 Å². The van der Waals surface area contributed by atoms with E-state index in [1.165, 1.54) is 28.4 Å². The van der Waals surface area contributed by atoms with Crippen molar-refractivity contribution in [3.63, 3.8) is 0 Å². The van der Waals surface area contributed by atoms with Crippen molar-refractivity contribution in [2.75, 3.05) is 0 Å². The van der Waals surface area contributed by atoms with Crippen LogP contribution in [0.3, 0.4) is 0 Å². The summed E-state index contributed by atoms with van der Waals surface area (Å²) in [6.07, 6.45) is 3.61. The smallest absolute Gasteiger partial charge is 0.123 e. The maximum absolute atomic E-state index is 6.21. The van der Waals surface area contributed by atoms with Crippen LogP contribution in [0, 0.1) is 6.92 Å². The fourth-order valence-corrected chi connectivity index (χ4v) is 2.84. The Kier molecular flexibility index (Phi) is 3.53. The van der Waals surface area contributed by atoms with Gasteiger partial charge in [-0.1, -0.05) is 22.9 Å². The van der Waals surface area contributed by atoms with E-state index in [1.807, 2.05) is 0 Å². The third-order valence-electron chi connectivity index (χ3n) is 3.62. The average Bonchev–Trinajstić information content (AvgIpc) is 2.20. The molecule has 2 rings (SSSR count). The number of fused-ring (bicyclic) bond motifs is 1. The second kappa shape index (κ2) is 4.64. The molecule has 0 aromatic heterocycles. The van der Waals surface area contributed by atoms with Gasteiger partial charge in [0.1, 0.15) is 11.4 Å². The van der Waals surface area contributed by atoms with E-state index in [4.69, 9.17) is 4.74 Å². The van der Waals surface area contributed by atoms with Gasteiger partial charge in [0.05, 0.1) is 0 Å². The maximum atomic E-state index is 6.21. The van der Waals surface area contributed by atoms with Gasteiger partial charge in [0.25, 0.3) is 0 Å². The lowest BCUT2D eigenvalue weighted by Crippen LogP contribution is -2.30. The molecule has 1 aromatic carbocycles. The van der Waals surface area contributed by atoms with Crippen LogP contribution in [0.15, 0.2) is 16.6 Å². The minimum Gasteiger partial charge on any atom is -0.488 e. The molecule has 1 nitrogen and oxygen atoms in total. The van der Waals surface area contributed by atoms with Crippen molar-refractivity contribution in [1.82, 2.24) is 0 Å². The molecule has 0 saturated carbocycles. The SMILES string of the molecule is Cc1cc2c(cc1Br)[C@@H](C)CCCC(C)(C)O2. The molecular formula is C15H21BrO. The largest absolute Gasteiger partial charge is 0.488 e. The lowest BCUT2D eigenvalue weighted by atomic mass is 9.89. The first-order chi connectivity index (χ1) is 7.89. The van der Waals surface area contributed by atoms with E-state index >= 15 is 0 Å². The van der Waals surface area contributed by atoms with E-state index in [0.717, 1.165) is 12.2 Å². The third kappa shape index (κ3) is 2.85.